The highest BCUT2D eigenvalue weighted by Gasteiger charge is 2.27. The summed E-state index contributed by atoms with van der Waals surface area (Å²) in [6.07, 6.45) is 4.05. The monoisotopic (exact) mass is 222 g/mol. The first-order valence-corrected chi connectivity index (χ1v) is 5.61. The number of nitrogens with two attached hydrogens (primary N) is 1. The minimum absolute atomic E-state index is 0.292. The summed E-state index contributed by atoms with van der Waals surface area (Å²) >= 11 is 0. The zero-order valence-corrected chi connectivity index (χ0v) is 9.73. The highest BCUT2D eigenvalue weighted by atomic mass is 16.1. The van der Waals surface area contributed by atoms with Gasteiger partial charge in [-0.3, -0.25) is 4.79 Å². The summed E-state index contributed by atoms with van der Waals surface area (Å²) in [5, 5.41) is 3.25. The van der Waals surface area contributed by atoms with Crippen molar-refractivity contribution in [1.82, 2.24) is 14.9 Å². The molecule has 1 atom stereocenters. The van der Waals surface area contributed by atoms with E-state index in [4.69, 9.17) is 5.73 Å². The first kappa shape index (κ1) is 11.1. The van der Waals surface area contributed by atoms with Crippen molar-refractivity contribution in [3.63, 3.8) is 0 Å². The normalized spacial score (nSPS) is 17.4. The molecule has 16 heavy (non-hydrogen) atoms. The third-order valence-electron chi connectivity index (χ3n) is 3.08. The number of nitrogens with zero attached hydrogens (tertiary/aromatic N) is 2. The Bertz CT molecular complexity index is 395. The number of nitrogens with one attached hydrogen (secondary N) is 1. The van der Waals surface area contributed by atoms with E-state index in [9.17, 15) is 4.79 Å². The predicted molar refractivity (Wildman–Crippen MR) is 60.8 cm³/mol. The molecule has 0 spiro atoms. The largest absolute Gasteiger partial charge is 0.368 e. The van der Waals surface area contributed by atoms with Crippen molar-refractivity contribution >= 4 is 5.91 Å². The van der Waals surface area contributed by atoms with Gasteiger partial charge in [0.25, 0.3) is 0 Å². The summed E-state index contributed by atoms with van der Waals surface area (Å²) in [6, 6.07) is 0.183. The Labute approximate surface area is 95.0 Å². The molecular weight excluding hydrogens is 204 g/mol. The molecule has 88 valence electrons. The molecule has 0 aliphatic heterocycles. The summed E-state index contributed by atoms with van der Waals surface area (Å²) in [6.45, 7) is 4.52. The van der Waals surface area contributed by atoms with Gasteiger partial charge in [0, 0.05) is 18.3 Å². The quantitative estimate of drug-likeness (QED) is 0.742. The van der Waals surface area contributed by atoms with Crippen molar-refractivity contribution < 1.29 is 4.79 Å². The van der Waals surface area contributed by atoms with Gasteiger partial charge in [-0.2, -0.15) is 0 Å². The van der Waals surface area contributed by atoms with Gasteiger partial charge < -0.3 is 15.6 Å². The van der Waals surface area contributed by atoms with Crippen LogP contribution in [-0.2, 0) is 11.3 Å². The van der Waals surface area contributed by atoms with Crippen LogP contribution in [0.15, 0.2) is 6.33 Å². The van der Waals surface area contributed by atoms with Crippen molar-refractivity contribution in [3.05, 3.63) is 17.7 Å². The van der Waals surface area contributed by atoms with Crippen molar-refractivity contribution in [2.24, 2.45) is 5.73 Å². The number of imidazole rings is 1. The molecule has 1 fully saturated rings. The Morgan fingerprint density at radius 2 is 2.38 bits per heavy atom. The molecule has 0 aromatic carbocycles. The molecule has 1 aromatic rings. The molecule has 5 nitrogen and oxygen atoms in total. The molecule has 1 heterocycles. The molecule has 1 aliphatic carbocycles. The maximum atomic E-state index is 11.3. The Morgan fingerprint density at radius 1 is 1.69 bits per heavy atom. The van der Waals surface area contributed by atoms with Gasteiger partial charge in [0.15, 0.2) is 0 Å². The van der Waals surface area contributed by atoms with Crippen LogP contribution in [0.25, 0.3) is 0 Å². The number of rotatable bonds is 5. The standard InChI is InChI=1S/C11H18N4O/c1-7-8(2)15(6-13-7)5-10(11(12)16)14-9-3-4-9/h6,9-10,14H,3-5H2,1-2H3,(H2,12,16). The number of primary amides is 1. The average molecular weight is 222 g/mol. The van der Waals surface area contributed by atoms with Crippen LogP contribution in [0.5, 0.6) is 0 Å². The van der Waals surface area contributed by atoms with Crippen molar-refractivity contribution in [2.75, 3.05) is 0 Å². The summed E-state index contributed by atoms with van der Waals surface area (Å²) in [5.74, 6) is -0.294. The molecular formula is C11H18N4O. The molecule has 5 heteroatoms. The van der Waals surface area contributed by atoms with Crippen molar-refractivity contribution in [1.29, 1.82) is 0 Å². The van der Waals surface area contributed by atoms with Gasteiger partial charge >= 0.3 is 0 Å². The minimum atomic E-state index is -0.294. The third-order valence-corrected chi connectivity index (χ3v) is 3.08. The lowest BCUT2D eigenvalue weighted by Crippen LogP contribution is -2.45. The van der Waals surface area contributed by atoms with E-state index < -0.39 is 0 Å². The molecule has 0 radical (unpaired) electrons. The number of carbonyl (C=O) groups excluding carboxylic acids is 1. The van der Waals surface area contributed by atoms with Crippen LogP contribution in [0, 0.1) is 13.8 Å². The SMILES string of the molecule is Cc1ncn(CC(NC2CC2)C(N)=O)c1C. The molecule has 1 aliphatic rings. The van der Waals surface area contributed by atoms with E-state index in [0.717, 1.165) is 24.2 Å². The Hall–Kier alpha value is -1.36. The highest BCUT2D eigenvalue weighted by Crippen LogP contribution is 2.19. The Morgan fingerprint density at radius 3 is 2.81 bits per heavy atom. The number of aryl methyl sites for hydroxylation is 1. The number of hydrogen-bond donors (Lipinski definition) is 2. The second-order valence-corrected chi connectivity index (χ2v) is 4.46. The van der Waals surface area contributed by atoms with Gasteiger partial charge in [-0.1, -0.05) is 0 Å². The fourth-order valence-corrected chi connectivity index (χ4v) is 1.68. The maximum absolute atomic E-state index is 11.3. The van der Waals surface area contributed by atoms with Gasteiger partial charge in [0.1, 0.15) is 6.04 Å². The summed E-state index contributed by atoms with van der Waals surface area (Å²) in [4.78, 5) is 15.5. The smallest absolute Gasteiger partial charge is 0.236 e. The maximum Gasteiger partial charge on any atom is 0.236 e. The summed E-state index contributed by atoms with van der Waals surface area (Å²) in [5.41, 5.74) is 7.46. The molecule has 1 amide bonds. The average Bonchev–Trinajstić information content (AvgIpc) is 2.99. The second-order valence-electron chi connectivity index (χ2n) is 4.46. The molecule has 0 bridgehead atoms. The lowest BCUT2D eigenvalue weighted by molar-refractivity contribution is -0.120. The molecule has 1 saturated carbocycles. The molecule has 0 saturated heterocycles. The van der Waals surface area contributed by atoms with Crippen molar-refractivity contribution in [2.45, 2.75) is 45.3 Å². The lowest BCUT2D eigenvalue weighted by Gasteiger charge is -2.16. The molecule has 1 aromatic heterocycles. The molecule has 2 rings (SSSR count). The summed E-state index contributed by atoms with van der Waals surface area (Å²) in [7, 11) is 0. The van der Waals surface area contributed by atoms with Crippen LogP contribution in [-0.4, -0.2) is 27.5 Å². The van der Waals surface area contributed by atoms with E-state index in [2.05, 4.69) is 10.3 Å². The third kappa shape index (κ3) is 2.41. The topological polar surface area (TPSA) is 72.9 Å². The van der Waals surface area contributed by atoms with Crippen LogP contribution in [0.1, 0.15) is 24.2 Å². The fraction of sp³-hybridized carbons (Fsp3) is 0.636. The van der Waals surface area contributed by atoms with E-state index in [1.807, 2.05) is 18.4 Å². The van der Waals surface area contributed by atoms with Gasteiger partial charge in [0.05, 0.1) is 12.0 Å². The number of aromatic nitrogens is 2. The highest BCUT2D eigenvalue weighted by molar-refractivity contribution is 5.79. The first-order valence-electron chi connectivity index (χ1n) is 5.61. The van der Waals surface area contributed by atoms with Crippen LogP contribution in [0.2, 0.25) is 0 Å². The van der Waals surface area contributed by atoms with Gasteiger partial charge in [-0.05, 0) is 26.7 Å². The van der Waals surface area contributed by atoms with Crippen LogP contribution in [0.3, 0.4) is 0 Å². The molecule has 3 N–H and O–H groups in total. The minimum Gasteiger partial charge on any atom is -0.368 e. The zero-order valence-electron chi connectivity index (χ0n) is 9.73. The van der Waals surface area contributed by atoms with Crippen LogP contribution >= 0.6 is 0 Å². The number of hydrogen-bond acceptors (Lipinski definition) is 3. The van der Waals surface area contributed by atoms with Crippen molar-refractivity contribution in [3.8, 4) is 0 Å². The van der Waals surface area contributed by atoms with E-state index >= 15 is 0 Å². The zero-order chi connectivity index (χ0) is 11.7. The lowest BCUT2D eigenvalue weighted by atomic mass is 10.2. The van der Waals surface area contributed by atoms with Gasteiger partial charge in [0.2, 0.25) is 5.91 Å². The van der Waals surface area contributed by atoms with Crippen LogP contribution in [0.4, 0.5) is 0 Å². The predicted octanol–water partition coefficient (Wildman–Crippen LogP) is 0.106. The Kier molecular flexibility index (Phi) is 2.96. The number of amides is 1. The van der Waals surface area contributed by atoms with Gasteiger partial charge in [-0.15, -0.1) is 0 Å². The van der Waals surface area contributed by atoms with E-state index in [-0.39, 0.29) is 11.9 Å². The fourth-order valence-electron chi connectivity index (χ4n) is 1.68. The first-order chi connectivity index (χ1) is 7.58. The summed E-state index contributed by atoms with van der Waals surface area (Å²) < 4.78 is 1.97. The van der Waals surface area contributed by atoms with E-state index in [1.54, 1.807) is 6.33 Å². The van der Waals surface area contributed by atoms with Crippen LogP contribution < -0.4 is 11.1 Å². The van der Waals surface area contributed by atoms with Gasteiger partial charge in [-0.25, -0.2) is 4.98 Å². The van der Waals surface area contributed by atoms with E-state index in [0.29, 0.717) is 12.6 Å². The molecule has 1 unspecified atom stereocenters. The number of carbonyl (C=O) groups is 1. The Balaban J connectivity index is 2.04. The van der Waals surface area contributed by atoms with E-state index in [1.165, 1.54) is 0 Å². The second kappa shape index (κ2) is 4.25.